The van der Waals surface area contributed by atoms with Crippen molar-refractivity contribution in [1.82, 2.24) is 4.72 Å². The van der Waals surface area contributed by atoms with E-state index in [0.29, 0.717) is 18.0 Å². The van der Waals surface area contributed by atoms with Crippen LogP contribution in [0.15, 0.2) is 24.3 Å². The monoisotopic (exact) mass is 326 g/mol. The first-order valence-electron chi connectivity index (χ1n) is 6.85. The molecule has 1 aromatic rings. The first-order chi connectivity index (χ1) is 10.3. The molecule has 7 nitrogen and oxygen atoms in total. The van der Waals surface area contributed by atoms with Gasteiger partial charge in [0.1, 0.15) is 5.75 Å². The largest absolute Gasteiger partial charge is 0.494 e. The van der Waals surface area contributed by atoms with Crippen molar-refractivity contribution in [3.8, 4) is 5.75 Å². The number of carbonyl (C=O) groups is 2. The standard InChI is InChI=1S/C14H18N2O5S/c1-3-21-12-6-4-11(5-7-12)16-9-10(8-13(16)17)14(18)15-22(2,19)20/h4-7,10H,3,8-9H2,1-2H3,(H,15,18). The van der Waals surface area contributed by atoms with Crippen LogP contribution in [0.1, 0.15) is 13.3 Å². The van der Waals surface area contributed by atoms with Crippen molar-refractivity contribution >= 4 is 27.5 Å². The fraction of sp³-hybridized carbons (Fsp3) is 0.429. The molecule has 0 aromatic heterocycles. The van der Waals surface area contributed by atoms with E-state index in [9.17, 15) is 18.0 Å². The maximum Gasteiger partial charge on any atom is 0.238 e. The van der Waals surface area contributed by atoms with Gasteiger partial charge in [0, 0.05) is 18.7 Å². The number of sulfonamides is 1. The van der Waals surface area contributed by atoms with Crippen LogP contribution in [0.2, 0.25) is 0 Å². The zero-order valence-electron chi connectivity index (χ0n) is 12.4. The van der Waals surface area contributed by atoms with Crippen LogP contribution in [-0.4, -0.2) is 39.6 Å². The third-order valence-electron chi connectivity index (χ3n) is 3.24. The number of carbonyl (C=O) groups excluding carboxylic acids is 2. The van der Waals surface area contributed by atoms with Gasteiger partial charge in [0.15, 0.2) is 0 Å². The molecule has 0 radical (unpaired) electrons. The van der Waals surface area contributed by atoms with Crippen molar-refractivity contribution in [2.45, 2.75) is 13.3 Å². The molecular formula is C14H18N2O5S. The van der Waals surface area contributed by atoms with Gasteiger partial charge in [-0.15, -0.1) is 0 Å². The highest BCUT2D eigenvalue weighted by atomic mass is 32.2. The molecule has 1 atom stereocenters. The second-order valence-corrected chi connectivity index (χ2v) is 6.82. The van der Waals surface area contributed by atoms with Crippen LogP contribution >= 0.6 is 0 Å². The summed E-state index contributed by atoms with van der Waals surface area (Å²) in [5.74, 6) is -0.833. The Balaban J connectivity index is 2.07. The summed E-state index contributed by atoms with van der Waals surface area (Å²) in [6, 6.07) is 6.96. The second kappa shape index (κ2) is 6.35. The third kappa shape index (κ3) is 3.97. The molecule has 1 N–H and O–H groups in total. The van der Waals surface area contributed by atoms with Gasteiger partial charge in [-0.3, -0.25) is 14.3 Å². The number of anilines is 1. The van der Waals surface area contributed by atoms with Crippen LogP contribution in [0.25, 0.3) is 0 Å². The molecule has 2 rings (SSSR count). The van der Waals surface area contributed by atoms with E-state index in [4.69, 9.17) is 4.74 Å². The number of hydrogen-bond acceptors (Lipinski definition) is 5. The van der Waals surface area contributed by atoms with Crippen LogP contribution in [0.3, 0.4) is 0 Å². The molecule has 1 unspecified atom stereocenters. The number of amides is 2. The lowest BCUT2D eigenvalue weighted by molar-refractivity contribution is -0.124. The summed E-state index contributed by atoms with van der Waals surface area (Å²) in [6.07, 6.45) is 0.903. The molecule has 1 heterocycles. The highest BCUT2D eigenvalue weighted by Gasteiger charge is 2.36. The van der Waals surface area contributed by atoms with E-state index in [-0.39, 0.29) is 18.9 Å². The number of nitrogens with one attached hydrogen (secondary N) is 1. The van der Waals surface area contributed by atoms with Crippen LogP contribution in [0.5, 0.6) is 5.75 Å². The Morgan fingerprint density at radius 2 is 2.00 bits per heavy atom. The number of benzene rings is 1. The molecule has 0 bridgehead atoms. The molecule has 1 aliphatic rings. The maximum absolute atomic E-state index is 12.0. The van der Waals surface area contributed by atoms with Gasteiger partial charge in [0.2, 0.25) is 21.8 Å². The summed E-state index contributed by atoms with van der Waals surface area (Å²) >= 11 is 0. The van der Waals surface area contributed by atoms with Gasteiger partial charge >= 0.3 is 0 Å². The summed E-state index contributed by atoms with van der Waals surface area (Å²) in [5.41, 5.74) is 0.656. The lowest BCUT2D eigenvalue weighted by atomic mass is 10.1. The molecule has 2 amide bonds. The van der Waals surface area contributed by atoms with Crippen molar-refractivity contribution in [3.63, 3.8) is 0 Å². The average molecular weight is 326 g/mol. The lowest BCUT2D eigenvalue weighted by Gasteiger charge is -2.17. The Hall–Kier alpha value is -2.09. The van der Waals surface area contributed by atoms with Crippen molar-refractivity contribution in [2.24, 2.45) is 5.92 Å². The van der Waals surface area contributed by atoms with E-state index < -0.39 is 21.8 Å². The predicted molar refractivity (Wildman–Crippen MR) is 81.1 cm³/mol. The Bertz CT molecular complexity index is 669. The average Bonchev–Trinajstić information content (AvgIpc) is 2.80. The molecule has 0 aliphatic carbocycles. The molecular weight excluding hydrogens is 308 g/mol. The van der Waals surface area contributed by atoms with Crippen molar-refractivity contribution in [2.75, 3.05) is 24.3 Å². The molecule has 0 saturated carbocycles. The maximum atomic E-state index is 12.0. The Labute approximate surface area is 129 Å². The van der Waals surface area contributed by atoms with Gasteiger partial charge in [0.05, 0.1) is 18.8 Å². The fourth-order valence-electron chi connectivity index (χ4n) is 2.29. The summed E-state index contributed by atoms with van der Waals surface area (Å²) in [4.78, 5) is 25.3. The third-order valence-corrected chi connectivity index (χ3v) is 3.81. The van der Waals surface area contributed by atoms with E-state index in [1.165, 1.54) is 4.90 Å². The molecule has 1 fully saturated rings. The minimum Gasteiger partial charge on any atom is -0.494 e. The number of hydrogen-bond donors (Lipinski definition) is 1. The number of nitrogens with zero attached hydrogens (tertiary/aromatic N) is 1. The van der Waals surface area contributed by atoms with Crippen LogP contribution in [0.4, 0.5) is 5.69 Å². The minimum absolute atomic E-state index is 0.00539. The molecule has 22 heavy (non-hydrogen) atoms. The first-order valence-corrected chi connectivity index (χ1v) is 8.74. The second-order valence-electron chi connectivity index (χ2n) is 5.07. The van der Waals surface area contributed by atoms with Crippen LogP contribution in [0, 0.1) is 5.92 Å². The van der Waals surface area contributed by atoms with Crippen molar-refractivity contribution < 1.29 is 22.7 Å². The van der Waals surface area contributed by atoms with Gasteiger partial charge in [-0.05, 0) is 31.2 Å². The SMILES string of the molecule is CCOc1ccc(N2CC(C(=O)NS(C)(=O)=O)CC2=O)cc1. The lowest BCUT2D eigenvalue weighted by Crippen LogP contribution is -2.36. The quantitative estimate of drug-likeness (QED) is 0.851. The summed E-state index contributed by atoms with van der Waals surface area (Å²) in [7, 11) is -3.62. The van der Waals surface area contributed by atoms with Gasteiger partial charge in [-0.2, -0.15) is 0 Å². The predicted octanol–water partition coefficient (Wildman–Crippen LogP) is 0.514. The molecule has 0 spiro atoms. The highest BCUT2D eigenvalue weighted by Crippen LogP contribution is 2.27. The Kier molecular flexibility index (Phi) is 4.70. The number of rotatable bonds is 5. The van der Waals surface area contributed by atoms with Crippen molar-refractivity contribution in [1.29, 1.82) is 0 Å². The van der Waals surface area contributed by atoms with E-state index in [2.05, 4.69) is 0 Å². The Morgan fingerprint density at radius 3 is 2.55 bits per heavy atom. The molecule has 1 aromatic carbocycles. The van der Waals surface area contributed by atoms with Gasteiger partial charge < -0.3 is 9.64 Å². The zero-order chi connectivity index (χ0) is 16.3. The van der Waals surface area contributed by atoms with E-state index in [1.807, 2.05) is 11.6 Å². The summed E-state index contributed by atoms with van der Waals surface area (Å²) in [6.45, 7) is 2.59. The number of ether oxygens (including phenoxy) is 1. The molecule has 1 saturated heterocycles. The molecule has 8 heteroatoms. The fourth-order valence-corrected chi connectivity index (χ4v) is 2.82. The minimum atomic E-state index is -3.62. The van der Waals surface area contributed by atoms with Crippen LogP contribution in [-0.2, 0) is 19.6 Å². The van der Waals surface area contributed by atoms with Crippen LogP contribution < -0.4 is 14.4 Å². The normalized spacial score (nSPS) is 18.4. The van der Waals surface area contributed by atoms with Crippen molar-refractivity contribution in [3.05, 3.63) is 24.3 Å². The van der Waals surface area contributed by atoms with E-state index in [0.717, 1.165) is 6.26 Å². The zero-order valence-corrected chi connectivity index (χ0v) is 13.2. The van der Waals surface area contributed by atoms with E-state index >= 15 is 0 Å². The van der Waals surface area contributed by atoms with E-state index in [1.54, 1.807) is 24.3 Å². The Morgan fingerprint density at radius 1 is 1.36 bits per heavy atom. The van der Waals surface area contributed by atoms with Gasteiger partial charge in [-0.25, -0.2) is 8.42 Å². The summed E-state index contributed by atoms with van der Waals surface area (Å²) < 4.78 is 29.4. The smallest absolute Gasteiger partial charge is 0.238 e. The van der Waals surface area contributed by atoms with Gasteiger partial charge in [0.25, 0.3) is 0 Å². The van der Waals surface area contributed by atoms with Gasteiger partial charge in [-0.1, -0.05) is 0 Å². The topological polar surface area (TPSA) is 92.8 Å². The molecule has 120 valence electrons. The highest BCUT2D eigenvalue weighted by molar-refractivity contribution is 7.89. The molecule has 1 aliphatic heterocycles. The summed E-state index contributed by atoms with van der Waals surface area (Å²) in [5, 5.41) is 0. The first kappa shape index (κ1) is 16.3.